The van der Waals surface area contributed by atoms with Crippen molar-refractivity contribution in [3.8, 4) is 0 Å². The summed E-state index contributed by atoms with van der Waals surface area (Å²) < 4.78 is 0.983. The summed E-state index contributed by atoms with van der Waals surface area (Å²) in [5, 5.41) is 1.50. The Bertz CT molecular complexity index is 588. The van der Waals surface area contributed by atoms with Crippen molar-refractivity contribution in [3.63, 3.8) is 0 Å². The number of pyridine rings is 1. The van der Waals surface area contributed by atoms with Gasteiger partial charge in [-0.15, -0.1) is 0 Å². The van der Waals surface area contributed by atoms with Crippen molar-refractivity contribution in [1.82, 2.24) is 10.4 Å². The molecule has 1 aromatic heterocycles. The van der Waals surface area contributed by atoms with Crippen LogP contribution in [0.4, 0.5) is 0 Å². The molecule has 4 nitrogen and oxygen atoms in total. The highest BCUT2D eigenvalue weighted by molar-refractivity contribution is 14.1. The molecule has 2 aromatic rings. The minimum absolute atomic E-state index is 0.227. The van der Waals surface area contributed by atoms with Crippen LogP contribution in [0, 0.1) is 3.57 Å². The molecule has 0 saturated heterocycles. The van der Waals surface area contributed by atoms with Crippen LogP contribution in [-0.2, 0) is 11.2 Å². The van der Waals surface area contributed by atoms with Gasteiger partial charge in [-0.25, -0.2) is 5.84 Å². The number of benzene rings is 1. The highest BCUT2D eigenvalue weighted by atomic mass is 127. The summed E-state index contributed by atoms with van der Waals surface area (Å²) in [7, 11) is 0. The van der Waals surface area contributed by atoms with E-state index in [1.54, 1.807) is 6.20 Å². The first-order chi connectivity index (χ1) is 8.10. The summed E-state index contributed by atoms with van der Waals surface area (Å²) >= 11 is 8.08. The first-order valence-electron chi connectivity index (χ1n) is 4.83. The molecule has 17 heavy (non-hydrogen) atoms. The van der Waals surface area contributed by atoms with E-state index in [9.17, 15) is 4.79 Å². The number of aromatic nitrogens is 1. The predicted molar refractivity (Wildman–Crippen MR) is 75.5 cm³/mol. The lowest BCUT2D eigenvalue weighted by molar-refractivity contribution is -0.120. The molecule has 0 unspecified atom stereocenters. The summed E-state index contributed by atoms with van der Waals surface area (Å²) in [6.07, 6.45) is 1.85. The van der Waals surface area contributed by atoms with Gasteiger partial charge in [-0.05, 0) is 46.4 Å². The number of carbonyl (C=O) groups is 1. The predicted octanol–water partition coefficient (Wildman–Crippen LogP) is 2.03. The van der Waals surface area contributed by atoms with Crippen molar-refractivity contribution in [2.45, 2.75) is 6.42 Å². The van der Waals surface area contributed by atoms with E-state index in [0.29, 0.717) is 5.02 Å². The second-order valence-electron chi connectivity index (χ2n) is 3.55. The quantitative estimate of drug-likeness (QED) is 0.372. The zero-order chi connectivity index (χ0) is 12.4. The first kappa shape index (κ1) is 12.5. The summed E-state index contributed by atoms with van der Waals surface area (Å²) in [6, 6.07) is 5.64. The van der Waals surface area contributed by atoms with Crippen molar-refractivity contribution < 1.29 is 4.79 Å². The lowest BCUT2D eigenvalue weighted by Gasteiger charge is -2.05. The van der Waals surface area contributed by atoms with Crippen molar-refractivity contribution in [3.05, 3.63) is 38.6 Å². The summed E-state index contributed by atoms with van der Waals surface area (Å²) in [5.41, 5.74) is 3.87. The molecule has 0 fully saturated rings. The lowest BCUT2D eigenvalue weighted by Crippen LogP contribution is -2.31. The highest BCUT2D eigenvalue weighted by Crippen LogP contribution is 2.23. The molecule has 1 aromatic carbocycles. The zero-order valence-electron chi connectivity index (χ0n) is 8.71. The largest absolute Gasteiger partial charge is 0.294 e. The number of hydrazine groups is 1. The average Bonchev–Trinajstić information content (AvgIpc) is 2.28. The van der Waals surface area contributed by atoms with Gasteiger partial charge in [0, 0.05) is 15.2 Å². The number of nitrogens with one attached hydrogen (secondary N) is 1. The fourth-order valence-corrected chi connectivity index (χ4v) is 2.59. The molecule has 0 aliphatic carbocycles. The number of hydrogen-bond acceptors (Lipinski definition) is 3. The maximum Gasteiger partial charge on any atom is 0.238 e. The summed E-state index contributed by atoms with van der Waals surface area (Å²) in [6.45, 7) is 0. The van der Waals surface area contributed by atoms with Gasteiger partial charge in [-0.3, -0.25) is 15.2 Å². The fourth-order valence-electron chi connectivity index (χ4n) is 1.58. The standard InChI is InChI=1S/C11H9ClIN3O/c12-8-4-7-1-6(3-10(17)16-14)2-9(13)11(7)15-5-8/h1-2,4-5H,3,14H2,(H,16,17). The molecule has 0 aliphatic rings. The Balaban J connectivity index is 2.50. The molecule has 1 amide bonds. The van der Waals surface area contributed by atoms with Gasteiger partial charge >= 0.3 is 0 Å². The Kier molecular flexibility index (Phi) is 3.80. The van der Waals surface area contributed by atoms with E-state index in [0.717, 1.165) is 20.0 Å². The van der Waals surface area contributed by atoms with E-state index in [-0.39, 0.29) is 12.3 Å². The van der Waals surface area contributed by atoms with Crippen molar-refractivity contribution in [1.29, 1.82) is 0 Å². The molecule has 0 saturated carbocycles. The monoisotopic (exact) mass is 361 g/mol. The molecule has 2 rings (SSSR count). The van der Waals surface area contributed by atoms with E-state index >= 15 is 0 Å². The second-order valence-corrected chi connectivity index (χ2v) is 5.15. The van der Waals surface area contributed by atoms with Crippen LogP contribution in [0.1, 0.15) is 5.56 Å². The fraction of sp³-hybridized carbons (Fsp3) is 0.0909. The van der Waals surface area contributed by atoms with Crippen LogP contribution in [0.3, 0.4) is 0 Å². The molecule has 88 valence electrons. The van der Waals surface area contributed by atoms with Gasteiger partial charge in [0.05, 0.1) is 17.0 Å². The average molecular weight is 362 g/mol. The molecular weight excluding hydrogens is 352 g/mol. The number of carbonyl (C=O) groups excluding carboxylic acids is 1. The first-order valence-corrected chi connectivity index (χ1v) is 6.29. The van der Waals surface area contributed by atoms with Gasteiger partial charge in [0.1, 0.15) is 0 Å². The molecule has 3 N–H and O–H groups in total. The van der Waals surface area contributed by atoms with Gasteiger partial charge < -0.3 is 0 Å². The van der Waals surface area contributed by atoms with Gasteiger partial charge in [0.2, 0.25) is 5.91 Å². The molecule has 0 radical (unpaired) electrons. The SMILES string of the molecule is NNC(=O)Cc1cc(I)c2ncc(Cl)cc2c1. The number of nitrogens with two attached hydrogens (primary N) is 1. The van der Waals surface area contributed by atoms with Gasteiger partial charge in [0.15, 0.2) is 0 Å². The van der Waals surface area contributed by atoms with Crippen LogP contribution in [0.5, 0.6) is 0 Å². The normalized spacial score (nSPS) is 10.5. The Hall–Kier alpha value is -0.920. The van der Waals surface area contributed by atoms with Gasteiger partial charge in [-0.2, -0.15) is 0 Å². The van der Waals surface area contributed by atoms with Gasteiger partial charge in [0.25, 0.3) is 0 Å². The Morgan fingerprint density at radius 2 is 2.24 bits per heavy atom. The number of halogens is 2. The molecule has 1 heterocycles. The van der Waals surface area contributed by atoms with Crippen molar-refractivity contribution in [2.75, 3.05) is 0 Å². The maximum atomic E-state index is 11.2. The third-order valence-electron chi connectivity index (χ3n) is 2.29. The van der Waals surface area contributed by atoms with Crippen LogP contribution in [0.25, 0.3) is 10.9 Å². The van der Waals surface area contributed by atoms with Crippen LogP contribution >= 0.6 is 34.2 Å². The molecule has 6 heteroatoms. The number of rotatable bonds is 2. The van der Waals surface area contributed by atoms with Crippen LogP contribution in [-0.4, -0.2) is 10.9 Å². The van der Waals surface area contributed by atoms with Crippen molar-refractivity contribution in [2.24, 2.45) is 5.84 Å². The minimum Gasteiger partial charge on any atom is -0.294 e. The summed E-state index contributed by atoms with van der Waals surface area (Å²) in [4.78, 5) is 15.5. The van der Waals surface area contributed by atoms with Crippen molar-refractivity contribution >= 4 is 51.0 Å². The molecule has 0 atom stereocenters. The minimum atomic E-state index is -0.227. The van der Waals surface area contributed by atoms with E-state index in [2.05, 4.69) is 33.0 Å². The van der Waals surface area contributed by atoms with E-state index in [1.165, 1.54) is 0 Å². The van der Waals surface area contributed by atoms with E-state index in [1.807, 2.05) is 18.2 Å². The Morgan fingerprint density at radius 3 is 2.94 bits per heavy atom. The Morgan fingerprint density at radius 1 is 1.47 bits per heavy atom. The topological polar surface area (TPSA) is 68.0 Å². The molecule has 0 spiro atoms. The molecular formula is C11H9ClIN3O. The van der Waals surface area contributed by atoms with E-state index in [4.69, 9.17) is 17.4 Å². The molecule has 0 bridgehead atoms. The third kappa shape index (κ3) is 2.85. The number of nitrogens with zero attached hydrogens (tertiary/aromatic N) is 1. The number of amides is 1. The third-order valence-corrected chi connectivity index (χ3v) is 3.32. The number of hydrogen-bond donors (Lipinski definition) is 2. The van der Waals surface area contributed by atoms with Gasteiger partial charge in [-0.1, -0.05) is 11.6 Å². The highest BCUT2D eigenvalue weighted by Gasteiger charge is 2.07. The smallest absolute Gasteiger partial charge is 0.238 e. The second kappa shape index (κ2) is 5.16. The van der Waals surface area contributed by atoms with Crippen LogP contribution in [0.2, 0.25) is 5.02 Å². The van der Waals surface area contributed by atoms with Crippen LogP contribution in [0.15, 0.2) is 24.4 Å². The summed E-state index contributed by atoms with van der Waals surface area (Å²) in [5.74, 6) is 4.83. The lowest BCUT2D eigenvalue weighted by atomic mass is 10.1. The number of fused-ring (bicyclic) bond motifs is 1. The van der Waals surface area contributed by atoms with Crippen LogP contribution < -0.4 is 11.3 Å². The maximum absolute atomic E-state index is 11.2. The molecule has 0 aliphatic heterocycles. The Labute approximate surface area is 117 Å². The van der Waals surface area contributed by atoms with E-state index < -0.39 is 0 Å². The zero-order valence-corrected chi connectivity index (χ0v) is 11.6.